The Morgan fingerprint density at radius 2 is 1.74 bits per heavy atom. The summed E-state index contributed by atoms with van der Waals surface area (Å²) in [6, 6.07) is 4.15. The first-order valence-corrected chi connectivity index (χ1v) is 10.9. The van der Waals surface area contributed by atoms with Crippen molar-refractivity contribution in [2.45, 2.75) is 62.3 Å². The van der Waals surface area contributed by atoms with Crippen molar-refractivity contribution < 1.29 is 24.3 Å². The zero-order valence-corrected chi connectivity index (χ0v) is 17.2. The number of rotatable bonds is 5. The molecule has 0 bridgehead atoms. The fraction of sp³-hybridized carbons (Fsp3) is 0.545. The number of benzene rings is 1. The summed E-state index contributed by atoms with van der Waals surface area (Å²) in [5.41, 5.74) is 0.362. The lowest BCUT2D eigenvalue weighted by Crippen LogP contribution is -2.57. The Hall–Kier alpha value is -2.62. The van der Waals surface area contributed by atoms with Crippen molar-refractivity contribution in [1.29, 1.82) is 0 Å². The molecule has 3 fully saturated rings. The first-order chi connectivity index (χ1) is 14.8. The number of aliphatic hydroxyl groups is 1. The highest BCUT2D eigenvalue weighted by molar-refractivity contribution is 6.23. The Morgan fingerprint density at radius 1 is 1.03 bits per heavy atom. The van der Waals surface area contributed by atoms with Crippen LogP contribution in [0, 0.1) is 0 Å². The van der Waals surface area contributed by atoms with Crippen LogP contribution in [0.4, 0.5) is 0 Å². The standard InChI is InChI=1S/C22H26N4O5/c27-17-4-3-16(18(28)25-17)26-19(29)14-2-1-13(11-15(14)20(26)30)12-24-21(5-6-21)22(31)7-9-23-10-8-22/h1-2,11,16,23-24,31H,3-10,12H2,(H,25,27,28). The SMILES string of the molecule is O=C1CCC(N2C(=O)c3ccc(CNC4(C5(O)CCNCC5)CC4)cc3C2=O)C(=O)N1. The Kier molecular flexibility index (Phi) is 4.72. The minimum atomic E-state index is -0.962. The fourth-order valence-electron chi connectivity index (χ4n) is 5.15. The summed E-state index contributed by atoms with van der Waals surface area (Å²) >= 11 is 0. The molecule has 1 saturated carbocycles. The maximum absolute atomic E-state index is 13.0. The molecule has 0 spiro atoms. The number of carbonyl (C=O) groups is 4. The van der Waals surface area contributed by atoms with Crippen LogP contribution in [0.15, 0.2) is 18.2 Å². The predicted octanol–water partition coefficient (Wildman–Crippen LogP) is -0.175. The highest BCUT2D eigenvalue weighted by atomic mass is 16.3. The van der Waals surface area contributed by atoms with E-state index in [1.807, 2.05) is 0 Å². The van der Waals surface area contributed by atoms with Crippen molar-refractivity contribution in [2.75, 3.05) is 13.1 Å². The summed E-state index contributed by atoms with van der Waals surface area (Å²) in [5, 5.41) is 20.1. The van der Waals surface area contributed by atoms with Crippen LogP contribution in [0.3, 0.4) is 0 Å². The Bertz CT molecular complexity index is 980. The lowest BCUT2D eigenvalue weighted by Gasteiger charge is -2.40. The van der Waals surface area contributed by atoms with Gasteiger partial charge in [0.15, 0.2) is 0 Å². The number of hydrogen-bond donors (Lipinski definition) is 4. The van der Waals surface area contributed by atoms with Gasteiger partial charge in [-0.3, -0.25) is 29.4 Å². The number of nitrogens with zero attached hydrogens (tertiary/aromatic N) is 1. The number of fused-ring (bicyclic) bond motifs is 1. The zero-order valence-electron chi connectivity index (χ0n) is 17.2. The van der Waals surface area contributed by atoms with E-state index in [0.717, 1.165) is 36.4 Å². The lowest BCUT2D eigenvalue weighted by atomic mass is 9.82. The van der Waals surface area contributed by atoms with E-state index in [9.17, 15) is 24.3 Å². The average Bonchev–Trinajstić information content (AvgIpc) is 3.52. The van der Waals surface area contributed by atoms with E-state index in [-0.39, 0.29) is 29.5 Å². The molecular weight excluding hydrogens is 400 g/mol. The number of hydrogen-bond acceptors (Lipinski definition) is 7. The van der Waals surface area contributed by atoms with E-state index in [0.29, 0.717) is 19.4 Å². The molecule has 9 nitrogen and oxygen atoms in total. The molecule has 4 N–H and O–H groups in total. The number of piperidine rings is 2. The molecule has 1 unspecified atom stereocenters. The van der Waals surface area contributed by atoms with Gasteiger partial charge < -0.3 is 15.7 Å². The van der Waals surface area contributed by atoms with Gasteiger partial charge in [0.25, 0.3) is 11.8 Å². The molecule has 5 rings (SSSR count). The summed E-state index contributed by atoms with van der Waals surface area (Å²) in [7, 11) is 0. The van der Waals surface area contributed by atoms with E-state index in [1.165, 1.54) is 0 Å². The second kappa shape index (κ2) is 7.22. The topological polar surface area (TPSA) is 128 Å². The molecule has 0 aromatic heterocycles. The molecule has 3 aliphatic heterocycles. The summed E-state index contributed by atoms with van der Waals surface area (Å²) in [6.07, 6.45) is 3.47. The van der Waals surface area contributed by atoms with E-state index in [4.69, 9.17) is 0 Å². The van der Waals surface area contributed by atoms with Crippen LogP contribution in [0.25, 0.3) is 0 Å². The molecule has 1 aliphatic carbocycles. The number of carbonyl (C=O) groups excluding carboxylic acids is 4. The van der Waals surface area contributed by atoms with Crippen LogP contribution < -0.4 is 16.0 Å². The quantitative estimate of drug-likeness (QED) is 0.481. The molecule has 9 heteroatoms. The summed E-state index contributed by atoms with van der Waals surface area (Å²) < 4.78 is 0. The predicted molar refractivity (Wildman–Crippen MR) is 109 cm³/mol. The molecule has 1 atom stereocenters. The number of nitrogens with one attached hydrogen (secondary N) is 3. The monoisotopic (exact) mass is 426 g/mol. The molecule has 1 aromatic rings. The lowest BCUT2D eigenvalue weighted by molar-refractivity contribution is -0.136. The van der Waals surface area contributed by atoms with Crippen LogP contribution in [0.2, 0.25) is 0 Å². The van der Waals surface area contributed by atoms with E-state index in [1.54, 1.807) is 18.2 Å². The smallest absolute Gasteiger partial charge is 0.262 e. The van der Waals surface area contributed by atoms with Crippen LogP contribution >= 0.6 is 0 Å². The van der Waals surface area contributed by atoms with Gasteiger partial charge in [0.05, 0.1) is 16.7 Å². The third-order valence-corrected chi connectivity index (χ3v) is 7.21. The molecule has 3 heterocycles. The average molecular weight is 426 g/mol. The highest BCUT2D eigenvalue weighted by Crippen LogP contribution is 2.49. The van der Waals surface area contributed by atoms with Crippen LogP contribution in [0.5, 0.6) is 0 Å². The molecule has 2 saturated heterocycles. The maximum atomic E-state index is 13.0. The van der Waals surface area contributed by atoms with Crippen molar-refractivity contribution in [3.05, 3.63) is 34.9 Å². The molecular formula is C22H26N4O5. The Labute approximate surface area is 179 Å². The van der Waals surface area contributed by atoms with Crippen molar-refractivity contribution in [3.8, 4) is 0 Å². The van der Waals surface area contributed by atoms with Crippen molar-refractivity contribution in [2.24, 2.45) is 0 Å². The van der Waals surface area contributed by atoms with Gasteiger partial charge in [-0.15, -0.1) is 0 Å². The summed E-state index contributed by atoms with van der Waals surface area (Å²) in [6.45, 7) is 2.07. The first kappa shape index (κ1) is 20.3. The third-order valence-electron chi connectivity index (χ3n) is 7.21. The van der Waals surface area contributed by atoms with Gasteiger partial charge in [-0.2, -0.15) is 0 Å². The fourth-order valence-corrected chi connectivity index (χ4v) is 5.15. The first-order valence-electron chi connectivity index (χ1n) is 10.9. The maximum Gasteiger partial charge on any atom is 0.262 e. The van der Waals surface area contributed by atoms with Gasteiger partial charge in [-0.05, 0) is 62.9 Å². The molecule has 4 amide bonds. The van der Waals surface area contributed by atoms with Crippen molar-refractivity contribution in [1.82, 2.24) is 20.9 Å². The largest absolute Gasteiger partial charge is 0.388 e. The summed E-state index contributed by atoms with van der Waals surface area (Å²) in [5.74, 6) is -2.01. The second-order valence-corrected chi connectivity index (χ2v) is 9.04. The van der Waals surface area contributed by atoms with Crippen molar-refractivity contribution in [3.63, 3.8) is 0 Å². The van der Waals surface area contributed by atoms with E-state index >= 15 is 0 Å². The molecule has 164 valence electrons. The number of imide groups is 2. The second-order valence-electron chi connectivity index (χ2n) is 9.04. The normalized spacial score (nSPS) is 26.6. The Balaban J connectivity index is 1.32. The minimum absolute atomic E-state index is 0.0967. The highest BCUT2D eigenvalue weighted by Gasteiger charge is 2.58. The molecule has 31 heavy (non-hydrogen) atoms. The van der Waals surface area contributed by atoms with Crippen LogP contribution in [0.1, 0.15) is 64.8 Å². The van der Waals surface area contributed by atoms with Gasteiger partial charge >= 0.3 is 0 Å². The van der Waals surface area contributed by atoms with Crippen molar-refractivity contribution >= 4 is 23.6 Å². The van der Waals surface area contributed by atoms with Gasteiger partial charge in [0.1, 0.15) is 6.04 Å². The van der Waals surface area contributed by atoms with Crippen LogP contribution in [-0.4, -0.2) is 63.9 Å². The summed E-state index contributed by atoms with van der Waals surface area (Å²) in [4.78, 5) is 50.3. The Morgan fingerprint density at radius 3 is 2.42 bits per heavy atom. The minimum Gasteiger partial charge on any atom is -0.388 e. The third kappa shape index (κ3) is 3.28. The molecule has 4 aliphatic rings. The van der Waals surface area contributed by atoms with Gasteiger partial charge in [0.2, 0.25) is 11.8 Å². The number of amides is 4. The molecule has 0 radical (unpaired) electrons. The van der Waals surface area contributed by atoms with Gasteiger partial charge in [-0.1, -0.05) is 6.07 Å². The molecule has 1 aromatic carbocycles. The van der Waals surface area contributed by atoms with Gasteiger partial charge in [0, 0.05) is 18.5 Å². The van der Waals surface area contributed by atoms with Crippen LogP contribution in [-0.2, 0) is 16.1 Å². The zero-order chi connectivity index (χ0) is 21.8. The van der Waals surface area contributed by atoms with E-state index in [2.05, 4.69) is 16.0 Å². The van der Waals surface area contributed by atoms with Gasteiger partial charge in [-0.25, -0.2) is 0 Å². The van der Waals surface area contributed by atoms with E-state index < -0.39 is 35.3 Å².